The number of para-hydroxylation sites is 1. The van der Waals surface area contributed by atoms with Crippen molar-refractivity contribution in [1.29, 1.82) is 0 Å². The number of nitrogens with one attached hydrogen (secondary N) is 2. The van der Waals surface area contributed by atoms with E-state index < -0.39 is 0 Å². The maximum absolute atomic E-state index is 13.4. The molecule has 0 amide bonds. The maximum Gasteiger partial charge on any atom is 0.146 e. The molecule has 0 radical (unpaired) electrons. The normalized spacial score (nSPS) is 21.1. The molecular formula is C11H15FN2. The molecule has 1 atom stereocenters. The van der Waals surface area contributed by atoms with Gasteiger partial charge in [-0.1, -0.05) is 12.1 Å². The van der Waals surface area contributed by atoms with Gasteiger partial charge in [-0.15, -0.1) is 0 Å². The highest BCUT2D eigenvalue weighted by Gasteiger charge is 2.16. The summed E-state index contributed by atoms with van der Waals surface area (Å²) >= 11 is 0. The van der Waals surface area contributed by atoms with Gasteiger partial charge in [0.15, 0.2) is 0 Å². The zero-order chi connectivity index (χ0) is 9.97. The van der Waals surface area contributed by atoms with Crippen LogP contribution in [-0.4, -0.2) is 19.1 Å². The minimum Gasteiger partial charge on any atom is -0.378 e. The highest BCUT2D eigenvalue weighted by atomic mass is 19.1. The van der Waals surface area contributed by atoms with Crippen LogP contribution in [0.5, 0.6) is 0 Å². The van der Waals surface area contributed by atoms with E-state index in [9.17, 15) is 4.39 Å². The predicted octanol–water partition coefficient (Wildman–Crippen LogP) is 1.91. The van der Waals surface area contributed by atoms with Gasteiger partial charge in [0.1, 0.15) is 5.82 Å². The van der Waals surface area contributed by atoms with Gasteiger partial charge in [0.25, 0.3) is 0 Å². The van der Waals surface area contributed by atoms with E-state index in [-0.39, 0.29) is 5.82 Å². The highest BCUT2D eigenvalue weighted by molar-refractivity contribution is 5.52. The van der Waals surface area contributed by atoms with E-state index in [0.29, 0.717) is 11.7 Å². The minimum absolute atomic E-state index is 0.156. The Hall–Kier alpha value is -1.09. The lowest BCUT2D eigenvalue weighted by Gasteiger charge is -2.15. The largest absolute Gasteiger partial charge is 0.378 e. The molecule has 76 valence electrons. The summed E-state index contributed by atoms with van der Waals surface area (Å²) in [6.07, 6.45) is 1.06. The summed E-state index contributed by atoms with van der Waals surface area (Å²) in [6, 6.07) is 5.53. The third-order valence-electron chi connectivity index (χ3n) is 2.63. The second-order valence-electron chi connectivity index (χ2n) is 3.77. The fourth-order valence-electron chi connectivity index (χ4n) is 1.80. The topological polar surface area (TPSA) is 24.1 Å². The number of aryl methyl sites for hydroxylation is 1. The van der Waals surface area contributed by atoms with Crippen LogP contribution in [0.15, 0.2) is 18.2 Å². The molecule has 1 aliphatic heterocycles. The SMILES string of the molecule is Cc1cccc(F)c1NC1CCNC1. The average molecular weight is 194 g/mol. The van der Waals surface area contributed by atoms with Gasteiger partial charge in [-0.05, 0) is 31.5 Å². The van der Waals surface area contributed by atoms with E-state index in [4.69, 9.17) is 0 Å². The standard InChI is InChI=1S/C11H15FN2/c1-8-3-2-4-10(12)11(8)14-9-5-6-13-7-9/h2-4,9,13-14H,5-7H2,1H3. The van der Waals surface area contributed by atoms with E-state index in [1.165, 1.54) is 6.07 Å². The second-order valence-corrected chi connectivity index (χ2v) is 3.77. The van der Waals surface area contributed by atoms with Crippen LogP contribution in [-0.2, 0) is 0 Å². The molecule has 1 aromatic carbocycles. The van der Waals surface area contributed by atoms with Crippen molar-refractivity contribution in [3.05, 3.63) is 29.6 Å². The molecule has 1 aromatic rings. The molecule has 1 saturated heterocycles. The summed E-state index contributed by atoms with van der Waals surface area (Å²) in [5.41, 5.74) is 1.62. The number of benzene rings is 1. The number of halogens is 1. The summed E-state index contributed by atoms with van der Waals surface area (Å²) < 4.78 is 13.4. The molecule has 0 aromatic heterocycles. The first kappa shape index (κ1) is 9.46. The Morgan fingerprint density at radius 1 is 1.50 bits per heavy atom. The van der Waals surface area contributed by atoms with E-state index in [1.54, 1.807) is 6.07 Å². The number of anilines is 1. The van der Waals surface area contributed by atoms with Crippen LogP contribution in [0.25, 0.3) is 0 Å². The first-order valence-corrected chi connectivity index (χ1v) is 5.00. The van der Waals surface area contributed by atoms with Crippen molar-refractivity contribution in [2.24, 2.45) is 0 Å². The Labute approximate surface area is 83.5 Å². The molecule has 0 saturated carbocycles. The molecule has 0 aliphatic carbocycles. The van der Waals surface area contributed by atoms with Crippen LogP contribution in [0.3, 0.4) is 0 Å². The number of hydrogen-bond acceptors (Lipinski definition) is 2. The summed E-state index contributed by atoms with van der Waals surface area (Å²) in [5.74, 6) is -0.156. The van der Waals surface area contributed by atoms with Crippen LogP contribution in [0.4, 0.5) is 10.1 Å². The van der Waals surface area contributed by atoms with Gasteiger partial charge in [-0.25, -0.2) is 4.39 Å². The summed E-state index contributed by atoms with van der Waals surface area (Å²) in [5, 5.41) is 6.49. The van der Waals surface area contributed by atoms with E-state index in [2.05, 4.69) is 10.6 Å². The average Bonchev–Trinajstić information content (AvgIpc) is 2.64. The van der Waals surface area contributed by atoms with Crippen molar-refractivity contribution >= 4 is 5.69 Å². The molecule has 1 unspecified atom stereocenters. The molecule has 3 heteroatoms. The quantitative estimate of drug-likeness (QED) is 0.751. The Morgan fingerprint density at radius 2 is 2.36 bits per heavy atom. The van der Waals surface area contributed by atoms with Crippen molar-refractivity contribution in [1.82, 2.24) is 5.32 Å². The zero-order valence-corrected chi connectivity index (χ0v) is 8.31. The fraction of sp³-hybridized carbons (Fsp3) is 0.455. The molecule has 2 nitrogen and oxygen atoms in total. The van der Waals surface area contributed by atoms with Gasteiger partial charge in [-0.2, -0.15) is 0 Å². The van der Waals surface area contributed by atoms with Crippen molar-refractivity contribution in [2.45, 2.75) is 19.4 Å². The second kappa shape index (κ2) is 3.96. The Morgan fingerprint density at radius 3 is 3.00 bits per heavy atom. The van der Waals surface area contributed by atoms with Crippen molar-refractivity contribution in [3.8, 4) is 0 Å². The lowest BCUT2D eigenvalue weighted by Crippen LogP contribution is -2.23. The first-order valence-electron chi connectivity index (χ1n) is 5.00. The summed E-state index contributed by atoms with van der Waals surface area (Å²) in [6.45, 7) is 3.87. The van der Waals surface area contributed by atoms with Gasteiger partial charge < -0.3 is 10.6 Å². The van der Waals surface area contributed by atoms with Crippen LogP contribution in [0.1, 0.15) is 12.0 Å². The predicted molar refractivity (Wildman–Crippen MR) is 56.0 cm³/mol. The van der Waals surface area contributed by atoms with Crippen LogP contribution in [0.2, 0.25) is 0 Å². The Bertz CT molecular complexity index is 299. The van der Waals surface area contributed by atoms with Gasteiger partial charge in [-0.3, -0.25) is 0 Å². The van der Waals surface area contributed by atoms with Crippen LogP contribution >= 0.6 is 0 Å². The highest BCUT2D eigenvalue weighted by Crippen LogP contribution is 2.20. The van der Waals surface area contributed by atoms with Gasteiger partial charge in [0.05, 0.1) is 5.69 Å². The monoisotopic (exact) mass is 194 g/mol. The van der Waals surface area contributed by atoms with Crippen molar-refractivity contribution < 1.29 is 4.39 Å². The first-order chi connectivity index (χ1) is 6.77. The summed E-state index contributed by atoms with van der Waals surface area (Å²) in [7, 11) is 0. The zero-order valence-electron chi connectivity index (χ0n) is 8.31. The van der Waals surface area contributed by atoms with Crippen molar-refractivity contribution in [2.75, 3.05) is 18.4 Å². The Balaban J connectivity index is 2.14. The van der Waals surface area contributed by atoms with Gasteiger partial charge in [0, 0.05) is 12.6 Å². The van der Waals surface area contributed by atoms with Crippen molar-refractivity contribution in [3.63, 3.8) is 0 Å². The molecular weight excluding hydrogens is 179 g/mol. The molecule has 2 N–H and O–H groups in total. The van der Waals surface area contributed by atoms with Crippen LogP contribution < -0.4 is 10.6 Å². The van der Waals surface area contributed by atoms with Gasteiger partial charge >= 0.3 is 0 Å². The molecule has 14 heavy (non-hydrogen) atoms. The number of rotatable bonds is 2. The van der Waals surface area contributed by atoms with Gasteiger partial charge in [0.2, 0.25) is 0 Å². The molecule has 2 rings (SSSR count). The third-order valence-corrected chi connectivity index (χ3v) is 2.63. The molecule has 0 bridgehead atoms. The lowest BCUT2D eigenvalue weighted by molar-refractivity contribution is 0.625. The van der Waals surface area contributed by atoms with E-state index >= 15 is 0 Å². The minimum atomic E-state index is -0.156. The molecule has 1 heterocycles. The summed E-state index contributed by atoms with van der Waals surface area (Å²) in [4.78, 5) is 0. The van der Waals surface area contributed by atoms with Crippen LogP contribution in [0, 0.1) is 12.7 Å². The lowest BCUT2D eigenvalue weighted by atomic mass is 10.1. The molecule has 1 fully saturated rings. The van der Waals surface area contributed by atoms with E-state index in [0.717, 1.165) is 25.1 Å². The maximum atomic E-state index is 13.4. The molecule has 0 spiro atoms. The number of hydrogen-bond donors (Lipinski definition) is 2. The molecule has 1 aliphatic rings. The third kappa shape index (κ3) is 1.87. The fourth-order valence-corrected chi connectivity index (χ4v) is 1.80. The smallest absolute Gasteiger partial charge is 0.146 e. The van der Waals surface area contributed by atoms with E-state index in [1.807, 2.05) is 13.0 Å². The Kier molecular flexibility index (Phi) is 2.68.